The minimum absolute atomic E-state index is 0.0441. The molecule has 2 aliphatic rings. The van der Waals surface area contributed by atoms with Crippen LogP contribution in [0.15, 0.2) is 42.6 Å². The molecule has 2 fully saturated rings. The maximum Gasteiger partial charge on any atom is 0.421 e. The molecule has 1 aromatic heterocycles. The number of nitrogens with one attached hydrogen (secondary N) is 3. The minimum atomic E-state index is -4.77. The Hall–Kier alpha value is -4.15. The number of morpholine rings is 1. The average molecular weight is 734 g/mol. The molecule has 1 saturated heterocycles. The molecule has 0 radical (unpaired) electrons. The van der Waals surface area contributed by atoms with Crippen LogP contribution in [0.25, 0.3) is 0 Å². The van der Waals surface area contributed by atoms with E-state index in [1.807, 2.05) is 0 Å². The fraction of sp³-hybridized carbons (Fsp3) is 0.514. The Morgan fingerprint density at radius 2 is 1.76 bits per heavy atom. The lowest BCUT2D eigenvalue weighted by molar-refractivity contribution is -0.137. The minimum Gasteiger partial charge on any atom is -0.495 e. The second-order valence-electron chi connectivity index (χ2n) is 13.4. The van der Waals surface area contributed by atoms with Gasteiger partial charge in [0.25, 0.3) is 5.91 Å². The van der Waals surface area contributed by atoms with Crippen LogP contribution in [0.1, 0.15) is 66.6 Å². The number of carbonyl (C=O) groups excluding carboxylic acids is 1. The molecule has 16 heteroatoms. The van der Waals surface area contributed by atoms with Gasteiger partial charge in [-0.3, -0.25) is 14.0 Å². The third kappa shape index (κ3) is 9.60. The molecule has 3 N–H and O–H groups in total. The number of alkyl halides is 3. The molecule has 1 aliphatic carbocycles. The molecular weight excluding hydrogens is 687 g/mol. The second kappa shape index (κ2) is 15.6. The van der Waals surface area contributed by atoms with Gasteiger partial charge < -0.3 is 25.4 Å². The molecule has 12 nitrogen and oxygen atoms in total. The Morgan fingerprint density at radius 1 is 1.08 bits per heavy atom. The molecule has 1 amide bonds. The van der Waals surface area contributed by atoms with E-state index in [4.69, 9.17) is 9.47 Å². The maximum atomic E-state index is 14.0. The van der Waals surface area contributed by atoms with Gasteiger partial charge in [0.05, 0.1) is 36.9 Å². The Morgan fingerprint density at radius 3 is 2.39 bits per heavy atom. The van der Waals surface area contributed by atoms with Crippen molar-refractivity contribution in [2.24, 2.45) is 0 Å². The number of hydrogen-bond acceptors (Lipinski definition) is 10. The first-order valence-electron chi connectivity index (χ1n) is 16.9. The molecule has 51 heavy (non-hydrogen) atoms. The number of sulfonamides is 1. The highest BCUT2D eigenvalue weighted by molar-refractivity contribution is 7.92. The first kappa shape index (κ1) is 38.1. The SMILES string of the molecule is COc1cc(C(=O)N[C@H]2CC[C@H](N3C[C@@H](C)O[C@@H](C)C3)CC2)ccc1Nc1ncc(C(F)(F)F)c(NCc2ccc(C)cc2N(C)S(C)(=O)=O)n1. The van der Waals surface area contributed by atoms with E-state index in [9.17, 15) is 26.4 Å². The van der Waals surface area contributed by atoms with Crippen molar-refractivity contribution in [3.05, 3.63) is 64.8 Å². The van der Waals surface area contributed by atoms with Crippen molar-refractivity contribution < 1.29 is 35.9 Å². The smallest absolute Gasteiger partial charge is 0.421 e. The number of ether oxygens (including phenoxy) is 2. The van der Waals surface area contributed by atoms with E-state index < -0.39 is 27.6 Å². The highest BCUT2D eigenvalue weighted by Crippen LogP contribution is 2.36. The summed E-state index contributed by atoms with van der Waals surface area (Å²) in [5, 5.41) is 8.76. The van der Waals surface area contributed by atoms with Crippen LogP contribution in [0, 0.1) is 6.92 Å². The van der Waals surface area contributed by atoms with E-state index in [1.165, 1.54) is 14.2 Å². The average Bonchev–Trinajstić information content (AvgIpc) is 3.06. The van der Waals surface area contributed by atoms with Crippen LogP contribution in [0.2, 0.25) is 0 Å². The van der Waals surface area contributed by atoms with Crippen molar-refractivity contribution in [3.8, 4) is 5.75 Å². The predicted molar refractivity (Wildman–Crippen MR) is 190 cm³/mol. The highest BCUT2D eigenvalue weighted by atomic mass is 32.2. The van der Waals surface area contributed by atoms with Crippen molar-refractivity contribution in [1.29, 1.82) is 0 Å². The molecule has 3 aromatic rings. The first-order chi connectivity index (χ1) is 24.0. The van der Waals surface area contributed by atoms with Crippen molar-refractivity contribution >= 4 is 39.1 Å². The summed E-state index contributed by atoms with van der Waals surface area (Å²) in [5.74, 6) is -0.630. The molecule has 0 bridgehead atoms. The molecule has 1 aliphatic heterocycles. The summed E-state index contributed by atoms with van der Waals surface area (Å²) in [6.45, 7) is 7.66. The lowest BCUT2D eigenvalue weighted by Gasteiger charge is -2.42. The van der Waals surface area contributed by atoms with Gasteiger partial charge >= 0.3 is 6.18 Å². The summed E-state index contributed by atoms with van der Waals surface area (Å²) in [6, 6.07) is 10.3. The van der Waals surface area contributed by atoms with Crippen LogP contribution >= 0.6 is 0 Å². The summed E-state index contributed by atoms with van der Waals surface area (Å²) >= 11 is 0. The van der Waals surface area contributed by atoms with Crippen LogP contribution in [0.5, 0.6) is 5.75 Å². The van der Waals surface area contributed by atoms with E-state index in [2.05, 4.69) is 44.7 Å². The number of aromatic nitrogens is 2. The van der Waals surface area contributed by atoms with E-state index in [0.29, 0.717) is 34.7 Å². The third-order valence-corrected chi connectivity index (χ3v) is 10.5. The number of rotatable bonds is 11. The van der Waals surface area contributed by atoms with Gasteiger partial charge in [-0.25, -0.2) is 13.4 Å². The quantitative estimate of drug-likeness (QED) is 0.225. The topological polar surface area (TPSA) is 138 Å². The monoisotopic (exact) mass is 733 g/mol. The number of benzene rings is 2. The molecule has 0 spiro atoms. The summed E-state index contributed by atoms with van der Waals surface area (Å²) in [4.78, 5) is 23.7. The van der Waals surface area contributed by atoms with Gasteiger partial charge in [0.15, 0.2) is 0 Å². The number of hydrogen-bond donors (Lipinski definition) is 3. The number of methoxy groups -OCH3 is 1. The van der Waals surface area contributed by atoms with Crippen molar-refractivity contribution in [2.75, 3.05) is 48.4 Å². The lowest BCUT2D eigenvalue weighted by Crippen LogP contribution is -2.52. The van der Waals surface area contributed by atoms with Gasteiger partial charge in [-0.2, -0.15) is 18.2 Å². The normalized spacial score (nSPS) is 21.5. The fourth-order valence-corrected chi connectivity index (χ4v) is 7.21. The van der Waals surface area contributed by atoms with Gasteiger partial charge in [-0.1, -0.05) is 12.1 Å². The summed E-state index contributed by atoms with van der Waals surface area (Å²) in [7, 11) is -0.837. The van der Waals surface area contributed by atoms with Crippen LogP contribution in [0.4, 0.5) is 36.3 Å². The third-order valence-electron chi connectivity index (χ3n) is 9.32. The molecular formula is C35H46F3N7O5S. The van der Waals surface area contributed by atoms with E-state index in [0.717, 1.165) is 54.9 Å². The Kier molecular flexibility index (Phi) is 11.7. The number of amides is 1. The number of carbonyl (C=O) groups is 1. The van der Waals surface area contributed by atoms with E-state index in [1.54, 1.807) is 43.3 Å². The zero-order valence-electron chi connectivity index (χ0n) is 29.7. The molecule has 278 valence electrons. The largest absolute Gasteiger partial charge is 0.495 e. The first-order valence-corrected chi connectivity index (χ1v) is 18.7. The lowest BCUT2D eigenvalue weighted by atomic mass is 9.89. The number of halogens is 3. The van der Waals surface area contributed by atoms with E-state index >= 15 is 0 Å². The summed E-state index contributed by atoms with van der Waals surface area (Å²) in [5.41, 5.74) is 1.16. The van der Waals surface area contributed by atoms with Crippen LogP contribution < -0.4 is 25.0 Å². The van der Waals surface area contributed by atoms with Crippen molar-refractivity contribution in [1.82, 2.24) is 20.2 Å². The van der Waals surface area contributed by atoms with Gasteiger partial charge in [0, 0.05) is 50.5 Å². The summed E-state index contributed by atoms with van der Waals surface area (Å²) < 4.78 is 78.9. The van der Waals surface area contributed by atoms with Crippen molar-refractivity contribution in [2.45, 2.75) is 83.5 Å². The van der Waals surface area contributed by atoms with Gasteiger partial charge in [0.2, 0.25) is 16.0 Å². The molecule has 1 saturated carbocycles. The predicted octanol–water partition coefficient (Wildman–Crippen LogP) is 5.71. The molecule has 2 atom stereocenters. The van der Waals surface area contributed by atoms with Crippen LogP contribution in [-0.4, -0.2) is 87.0 Å². The second-order valence-corrected chi connectivity index (χ2v) is 15.4. The number of anilines is 4. The number of aryl methyl sites for hydroxylation is 1. The molecule has 2 heterocycles. The van der Waals surface area contributed by atoms with Gasteiger partial charge in [-0.15, -0.1) is 0 Å². The highest BCUT2D eigenvalue weighted by Gasteiger charge is 2.36. The maximum absolute atomic E-state index is 14.0. The van der Waals surface area contributed by atoms with Gasteiger partial charge in [-0.05, 0) is 81.8 Å². The zero-order chi connectivity index (χ0) is 37.1. The van der Waals surface area contributed by atoms with Crippen LogP contribution in [-0.2, 0) is 27.5 Å². The Labute approximate surface area is 297 Å². The number of nitrogens with zero attached hydrogens (tertiary/aromatic N) is 4. The summed E-state index contributed by atoms with van der Waals surface area (Å²) in [6.07, 6.45) is 1.07. The molecule has 0 unspecified atom stereocenters. The standard InChI is InChI=1S/C35H46F3N7O5S/c1-21-7-8-25(30(15-21)44(4)51(6,47)48)17-39-32-28(35(36,37)38)18-40-34(43-32)42-29-14-9-24(16-31(29)49-5)33(46)41-26-10-12-27(13-11-26)45-19-22(2)50-23(3)20-45/h7-9,14-16,18,22-23,26-27H,10-13,17,19-20H2,1-6H3,(H,41,46)(H2,39,40,42,43)/t22-,23+,26-,27-. The van der Waals surface area contributed by atoms with Crippen molar-refractivity contribution in [3.63, 3.8) is 0 Å². The zero-order valence-corrected chi connectivity index (χ0v) is 30.5. The fourth-order valence-electron chi connectivity index (χ4n) is 6.68. The Balaban J connectivity index is 1.27. The van der Waals surface area contributed by atoms with E-state index in [-0.39, 0.29) is 42.4 Å². The molecule has 5 rings (SSSR count). The molecule has 2 aromatic carbocycles. The van der Waals surface area contributed by atoms with Crippen LogP contribution in [0.3, 0.4) is 0 Å². The van der Waals surface area contributed by atoms with Gasteiger partial charge in [0.1, 0.15) is 17.1 Å². The Bertz CT molecular complexity index is 1810.